The highest BCUT2D eigenvalue weighted by molar-refractivity contribution is 8.00. The second-order valence-corrected chi connectivity index (χ2v) is 5.86. The molecule has 1 heterocycles. The Hall–Kier alpha value is -0.420. The molecule has 0 bridgehead atoms. The molecule has 1 rings (SSSR count). The van der Waals surface area contributed by atoms with Gasteiger partial charge in [0.25, 0.3) is 0 Å². The van der Waals surface area contributed by atoms with Crippen LogP contribution in [0.3, 0.4) is 0 Å². The zero-order valence-electron chi connectivity index (χ0n) is 11.0. The average molecular weight is 311 g/mol. The van der Waals surface area contributed by atoms with Gasteiger partial charge in [-0.25, -0.2) is 0 Å². The summed E-state index contributed by atoms with van der Waals surface area (Å²) >= 11 is 1.16. The molecule has 6 N–H and O–H groups in total. The first kappa shape index (κ1) is 17.6. The lowest BCUT2D eigenvalue weighted by Crippen LogP contribution is -2.54. The van der Waals surface area contributed by atoms with Crippen molar-refractivity contribution in [1.82, 2.24) is 4.90 Å². The standard InChI is InChI=1S/C11H21NO7S/c1-5(15)12-6(2-13)4-20-11(12)10(19)9(18)8(17)7(16)3-14/h6-11,13-14,16-19H,2-4H2,1H3/t6-,7+,8-,9-,10+,11-/m0/s1. The van der Waals surface area contributed by atoms with E-state index >= 15 is 0 Å². The fourth-order valence-electron chi connectivity index (χ4n) is 2.12. The third-order valence-corrected chi connectivity index (χ3v) is 4.70. The van der Waals surface area contributed by atoms with Crippen molar-refractivity contribution in [1.29, 1.82) is 0 Å². The number of carbonyl (C=O) groups is 1. The van der Waals surface area contributed by atoms with E-state index in [1.807, 2.05) is 0 Å². The third-order valence-electron chi connectivity index (χ3n) is 3.27. The van der Waals surface area contributed by atoms with Crippen LogP contribution in [0.4, 0.5) is 0 Å². The second-order valence-electron chi connectivity index (χ2n) is 4.71. The van der Waals surface area contributed by atoms with Crippen LogP contribution in [0.5, 0.6) is 0 Å². The smallest absolute Gasteiger partial charge is 0.220 e. The van der Waals surface area contributed by atoms with Crippen molar-refractivity contribution in [3.63, 3.8) is 0 Å². The number of thioether (sulfide) groups is 1. The van der Waals surface area contributed by atoms with Crippen LogP contribution in [0, 0.1) is 0 Å². The number of carbonyl (C=O) groups excluding carboxylic acids is 1. The number of hydrogen-bond donors (Lipinski definition) is 6. The van der Waals surface area contributed by atoms with E-state index in [2.05, 4.69) is 0 Å². The van der Waals surface area contributed by atoms with Crippen molar-refractivity contribution in [2.45, 2.75) is 42.8 Å². The Morgan fingerprint density at radius 3 is 2.30 bits per heavy atom. The molecule has 0 aliphatic carbocycles. The molecule has 20 heavy (non-hydrogen) atoms. The molecule has 6 atom stereocenters. The largest absolute Gasteiger partial charge is 0.394 e. The van der Waals surface area contributed by atoms with Crippen LogP contribution in [0.25, 0.3) is 0 Å². The molecule has 0 aromatic rings. The Morgan fingerprint density at radius 2 is 1.85 bits per heavy atom. The lowest BCUT2D eigenvalue weighted by molar-refractivity contribution is -0.142. The minimum Gasteiger partial charge on any atom is -0.394 e. The molecule has 8 nitrogen and oxygen atoms in total. The van der Waals surface area contributed by atoms with Crippen molar-refractivity contribution >= 4 is 17.7 Å². The van der Waals surface area contributed by atoms with Gasteiger partial charge in [-0.2, -0.15) is 0 Å². The highest BCUT2D eigenvalue weighted by Crippen LogP contribution is 2.33. The summed E-state index contributed by atoms with van der Waals surface area (Å²) in [5.74, 6) is 0.0194. The van der Waals surface area contributed by atoms with E-state index in [1.54, 1.807) is 0 Å². The second kappa shape index (κ2) is 7.55. The van der Waals surface area contributed by atoms with Crippen LogP contribution in [0.1, 0.15) is 6.92 Å². The highest BCUT2D eigenvalue weighted by atomic mass is 32.2. The molecule has 0 aromatic carbocycles. The molecule has 0 aromatic heterocycles. The highest BCUT2D eigenvalue weighted by Gasteiger charge is 2.44. The van der Waals surface area contributed by atoms with Crippen molar-refractivity contribution in [3.05, 3.63) is 0 Å². The van der Waals surface area contributed by atoms with Gasteiger partial charge in [-0.15, -0.1) is 11.8 Å². The monoisotopic (exact) mass is 311 g/mol. The first-order valence-corrected chi connectivity index (χ1v) is 7.24. The van der Waals surface area contributed by atoms with E-state index in [0.717, 1.165) is 11.8 Å². The Kier molecular flexibility index (Phi) is 6.65. The Balaban J connectivity index is 2.80. The first-order valence-electron chi connectivity index (χ1n) is 6.19. The van der Waals surface area contributed by atoms with Crippen LogP contribution in [-0.2, 0) is 4.79 Å². The number of aliphatic hydroxyl groups is 6. The molecule has 1 aliphatic rings. The molecule has 9 heteroatoms. The Bertz CT molecular complexity index is 332. The van der Waals surface area contributed by atoms with E-state index in [4.69, 9.17) is 5.11 Å². The quantitative estimate of drug-likeness (QED) is 0.300. The van der Waals surface area contributed by atoms with Gasteiger partial charge in [0.15, 0.2) is 0 Å². The predicted octanol–water partition coefficient (Wildman–Crippen LogP) is -3.30. The maximum atomic E-state index is 11.6. The van der Waals surface area contributed by atoms with Gasteiger partial charge in [-0.1, -0.05) is 0 Å². The summed E-state index contributed by atoms with van der Waals surface area (Å²) in [6.45, 7) is 0.242. The summed E-state index contributed by atoms with van der Waals surface area (Å²) in [5, 5.41) is 55.8. The minimum atomic E-state index is -1.74. The number of nitrogens with zero attached hydrogens (tertiary/aromatic N) is 1. The molecule has 0 radical (unpaired) electrons. The molecule has 1 fully saturated rings. The number of aliphatic hydroxyl groups excluding tert-OH is 6. The molecule has 0 unspecified atom stereocenters. The molecule has 1 saturated heterocycles. The summed E-state index contributed by atoms with van der Waals surface area (Å²) in [6, 6.07) is -0.468. The summed E-state index contributed by atoms with van der Waals surface area (Å²) in [6.07, 6.45) is -6.58. The van der Waals surface area contributed by atoms with E-state index in [9.17, 15) is 30.3 Å². The number of amides is 1. The lowest BCUT2D eigenvalue weighted by atomic mass is 10.0. The SMILES string of the molecule is CC(=O)N1[C@@H](CO)CS[C@H]1[C@H](O)[C@@H](O)[C@@H](O)[C@H](O)CO. The fraction of sp³-hybridized carbons (Fsp3) is 0.909. The maximum Gasteiger partial charge on any atom is 0.220 e. The maximum absolute atomic E-state index is 11.6. The molecule has 1 aliphatic heterocycles. The van der Waals surface area contributed by atoms with Crippen molar-refractivity contribution in [3.8, 4) is 0 Å². The van der Waals surface area contributed by atoms with Gasteiger partial charge in [-0.05, 0) is 0 Å². The molecule has 0 saturated carbocycles. The first-order chi connectivity index (χ1) is 9.34. The molecular weight excluding hydrogens is 290 g/mol. The van der Waals surface area contributed by atoms with E-state index in [1.165, 1.54) is 11.8 Å². The normalized spacial score (nSPS) is 29.1. The minimum absolute atomic E-state index is 0.270. The zero-order chi connectivity index (χ0) is 15.4. The summed E-state index contributed by atoms with van der Waals surface area (Å²) in [5.41, 5.74) is 0. The van der Waals surface area contributed by atoms with Gasteiger partial charge in [0.2, 0.25) is 5.91 Å². The number of rotatable bonds is 6. The third kappa shape index (κ3) is 3.61. The number of hydrogen-bond acceptors (Lipinski definition) is 8. The van der Waals surface area contributed by atoms with Gasteiger partial charge in [0.1, 0.15) is 29.8 Å². The van der Waals surface area contributed by atoms with E-state index in [-0.39, 0.29) is 12.5 Å². The lowest BCUT2D eigenvalue weighted by Gasteiger charge is -2.34. The summed E-state index contributed by atoms with van der Waals surface area (Å²) < 4.78 is 0. The fourth-order valence-corrected chi connectivity index (χ4v) is 3.65. The van der Waals surface area contributed by atoms with E-state index in [0.29, 0.717) is 5.75 Å². The van der Waals surface area contributed by atoms with Crippen LogP contribution in [-0.4, -0.2) is 96.2 Å². The van der Waals surface area contributed by atoms with Crippen LogP contribution in [0.2, 0.25) is 0 Å². The Labute approximate surface area is 120 Å². The van der Waals surface area contributed by atoms with Gasteiger partial charge in [0.05, 0.1) is 19.3 Å². The average Bonchev–Trinajstić information content (AvgIpc) is 2.87. The summed E-state index contributed by atoms with van der Waals surface area (Å²) in [4.78, 5) is 12.8. The topological polar surface area (TPSA) is 142 Å². The van der Waals surface area contributed by atoms with Gasteiger partial charge in [-0.3, -0.25) is 4.79 Å². The Morgan fingerprint density at radius 1 is 1.25 bits per heavy atom. The van der Waals surface area contributed by atoms with Crippen LogP contribution in [0.15, 0.2) is 0 Å². The van der Waals surface area contributed by atoms with Crippen LogP contribution < -0.4 is 0 Å². The molecule has 118 valence electrons. The van der Waals surface area contributed by atoms with Gasteiger partial charge >= 0.3 is 0 Å². The van der Waals surface area contributed by atoms with Crippen molar-refractivity contribution < 1.29 is 35.4 Å². The van der Waals surface area contributed by atoms with E-state index < -0.39 is 42.4 Å². The van der Waals surface area contributed by atoms with Crippen molar-refractivity contribution in [2.75, 3.05) is 19.0 Å². The predicted molar refractivity (Wildman–Crippen MR) is 70.8 cm³/mol. The zero-order valence-corrected chi connectivity index (χ0v) is 11.8. The summed E-state index contributed by atoms with van der Waals surface area (Å²) in [7, 11) is 0. The molecular formula is C11H21NO7S. The molecule has 1 amide bonds. The molecule has 0 spiro atoms. The van der Waals surface area contributed by atoms with Crippen LogP contribution >= 0.6 is 11.8 Å². The van der Waals surface area contributed by atoms with Crippen molar-refractivity contribution in [2.24, 2.45) is 0 Å². The van der Waals surface area contributed by atoms with Gasteiger partial charge in [0, 0.05) is 12.7 Å². The van der Waals surface area contributed by atoms with Gasteiger partial charge < -0.3 is 35.5 Å².